The van der Waals surface area contributed by atoms with Gasteiger partial charge in [-0.25, -0.2) is 0 Å². The Morgan fingerprint density at radius 1 is 1.53 bits per heavy atom. The highest BCUT2D eigenvalue weighted by Crippen LogP contribution is 2.25. The van der Waals surface area contributed by atoms with Gasteiger partial charge in [0, 0.05) is 10.2 Å². The smallest absolute Gasteiger partial charge is 0.238 e. The predicted octanol–water partition coefficient (Wildman–Crippen LogP) is 2.60. The summed E-state index contributed by atoms with van der Waals surface area (Å²) in [6, 6.07) is 5.27. The summed E-state index contributed by atoms with van der Waals surface area (Å²) in [7, 11) is 3.69. The van der Waals surface area contributed by atoms with Gasteiger partial charge >= 0.3 is 0 Å². The van der Waals surface area contributed by atoms with Crippen molar-refractivity contribution in [2.24, 2.45) is 0 Å². The number of likely N-dealkylation sites (N-methyl/N-ethyl adjacent to an activating group) is 1. The second-order valence-electron chi connectivity index (χ2n) is 3.41. The van der Waals surface area contributed by atoms with E-state index in [0.717, 1.165) is 10.2 Å². The molecule has 0 radical (unpaired) electrons. The van der Waals surface area contributed by atoms with Gasteiger partial charge in [0.25, 0.3) is 0 Å². The molecule has 0 fully saturated rings. The number of nitrogens with zero attached hydrogens (tertiary/aromatic N) is 1. The molecule has 0 unspecified atom stereocenters. The average Bonchev–Trinajstić information content (AvgIpc) is 2.10. The number of hydrogen-bond donors (Lipinski definition) is 1. The first-order valence-corrected chi connectivity index (χ1v) is 5.56. The average molecular weight is 292 g/mol. The Balaban J connectivity index is 2.65. The number of carbonyl (C=O) groups excluding carboxylic acids is 1. The highest BCUT2D eigenvalue weighted by molar-refractivity contribution is 9.10. The fourth-order valence-corrected chi connectivity index (χ4v) is 1.56. The van der Waals surface area contributed by atoms with Gasteiger partial charge in [-0.3, -0.25) is 4.79 Å². The van der Waals surface area contributed by atoms with Gasteiger partial charge in [0.15, 0.2) is 0 Å². The van der Waals surface area contributed by atoms with E-state index in [1.54, 1.807) is 23.1 Å². The van der Waals surface area contributed by atoms with Gasteiger partial charge in [-0.15, -0.1) is 0 Å². The molecule has 1 rings (SSSR count). The lowest BCUT2D eigenvalue weighted by atomic mass is 10.3. The van der Waals surface area contributed by atoms with Gasteiger partial charge in [-0.05, 0) is 48.2 Å². The van der Waals surface area contributed by atoms with E-state index >= 15 is 0 Å². The largest absolute Gasteiger partial charge is 0.325 e. The Morgan fingerprint density at radius 2 is 2.20 bits per heavy atom. The van der Waals surface area contributed by atoms with Gasteiger partial charge < -0.3 is 10.2 Å². The van der Waals surface area contributed by atoms with Crippen LogP contribution < -0.4 is 5.32 Å². The number of carbonyl (C=O) groups is 1. The molecule has 5 heteroatoms. The summed E-state index contributed by atoms with van der Waals surface area (Å²) in [5, 5.41) is 3.40. The summed E-state index contributed by atoms with van der Waals surface area (Å²) >= 11 is 9.13. The molecule has 0 bridgehead atoms. The SMILES string of the molecule is CN(C)CC(=O)Nc1ccc(Cl)c(Br)c1. The van der Waals surface area contributed by atoms with E-state index in [2.05, 4.69) is 21.2 Å². The second kappa shape index (κ2) is 5.49. The topological polar surface area (TPSA) is 32.3 Å². The Hall–Kier alpha value is -0.580. The number of nitrogens with one attached hydrogen (secondary N) is 1. The zero-order chi connectivity index (χ0) is 11.4. The first-order chi connectivity index (χ1) is 6.99. The fraction of sp³-hybridized carbons (Fsp3) is 0.300. The van der Waals surface area contributed by atoms with Crippen molar-refractivity contribution >= 4 is 39.1 Å². The summed E-state index contributed by atoms with van der Waals surface area (Å²) in [5.41, 5.74) is 0.734. The van der Waals surface area contributed by atoms with Gasteiger partial charge in [-0.1, -0.05) is 11.6 Å². The van der Waals surface area contributed by atoms with Crippen molar-refractivity contribution in [1.82, 2.24) is 4.90 Å². The first kappa shape index (κ1) is 12.5. The molecule has 3 nitrogen and oxygen atoms in total. The molecule has 0 aromatic heterocycles. The van der Waals surface area contributed by atoms with Crippen LogP contribution in [0.15, 0.2) is 22.7 Å². The normalized spacial score (nSPS) is 10.5. The Morgan fingerprint density at radius 3 is 2.73 bits per heavy atom. The van der Waals surface area contributed by atoms with Crippen LogP contribution in [-0.4, -0.2) is 31.4 Å². The summed E-state index contributed by atoms with van der Waals surface area (Å²) in [6.07, 6.45) is 0. The molecule has 1 amide bonds. The lowest BCUT2D eigenvalue weighted by molar-refractivity contribution is -0.116. The zero-order valence-corrected chi connectivity index (χ0v) is 10.9. The van der Waals surface area contributed by atoms with Crippen LogP contribution in [0.25, 0.3) is 0 Å². The van der Waals surface area contributed by atoms with E-state index in [-0.39, 0.29) is 5.91 Å². The van der Waals surface area contributed by atoms with Crippen LogP contribution in [-0.2, 0) is 4.79 Å². The van der Waals surface area contributed by atoms with Gasteiger partial charge in [0.2, 0.25) is 5.91 Å². The van der Waals surface area contributed by atoms with Crippen molar-refractivity contribution < 1.29 is 4.79 Å². The summed E-state index contributed by atoms with van der Waals surface area (Å²) in [5.74, 6) is -0.0470. The van der Waals surface area contributed by atoms with E-state index in [0.29, 0.717) is 11.6 Å². The van der Waals surface area contributed by atoms with Crippen molar-refractivity contribution in [3.63, 3.8) is 0 Å². The molecule has 0 saturated carbocycles. The minimum Gasteiger partial charge on any atom is -0.325 e. The van der Waals surface area contributed by atoms with Crippen LogP contribution in [0, 0.1) is 0 Å². The molecule has 0 atom stereocenters. The van der Waals surface area contributed by atoms with Gasteiger partial charge in [0.05, 0.1) is 11.6 Å². The molecule has 0 aliphatic heterocycles. The molecular formula is C10H12BrClN2O. The third-order valence-corrected chi connectivity index (χ3v) is 2.88. The summed E-state index contributed by atoms with van der Waals surface area (Å²) in [6.45, 7) is 0.361. The molecule has 0 heterocycles. The standard InChI is InChI=1S/C10H12BrClN2O/c1-14(2)6-10(15)13-7-3-4-9(12)8(11)5-7/h3-5H,6H2,1-2H3,(H,13,15). The van der Waals surface area contributed by atoms with E-state index in [1.165, 1.54) is 0 Å². The lowest BCUT2D eigenvalue weighted by Crippen LogP contribution is -2.27. The molecule has 1 aromatic rings. The molecule has 0 saturated heterocycles. The third-order valence-electron chi connectivity index (χ3n) is 1.66. The Kier molecular flexibility index (Phi) is 4.57. The number of anilines is 1. The molecule has 0 aliphatic rings. The van der Waals surface area contributed by atoms with Crippen LogP contribution in [0.5, 0.6) is 0 Å². The first-order valence-electron chi connectivity index (χ1n) is 4.38. The summed E-state index contributed by atoms with van der Waals surface area (Å²) < 4.78 is 0.770. The minimum absolute atomic E-state index is 0.0470. The van der Waals surface area contributed by atoms with E-state index in [9.17, 15) is 4.79 Å². The third kappa shape index (κ3) is 4.20. The van der Waals surface area contributed by atoms with Crippen LogP contribution in [0.4, 0.5) is 5.69 Å². The van der Waals surface area contributed by atoms with Gasteiger partial charge in [0.1, 0.15) is 0 Å². The Labute approximate surface area is 103 Å². The van der Waals surface area contributed by atoms with Crippen LogP contribution in [0.3, 0.4) is 0 Å². The maximum absolute atomic E-state index is 11.4. The number of hydrogen-bond acceptors (Lipinski definition) is 2. The van der Waals surface area contributed by atoms with Crippen molar-refractivity contribution in [3.8, 4) is 0 Å². The van der Waals surface area contributed by atoms with Crippen LogP contribution in [0.2, 0.25) is 5.02 Å². The van der Waals surface area contributed by atoms with E-state index in [4.69, 9.17) is 11.6 Å². The van der Waals surface area contributed by atoms with Crippen molar-refractivity contribution in [2.75, 3.05) is 26.0 Å². The van der Waals surface area contributed by atoms with E-state index < -0.39 is 0 Å². The highest BCUT2D eigenvalue weighted by atomic mass is 79.9. The van der Waals surface area contributed by atoms with Gasteiger partial charge in [-0.2, -0.15) is 0 Å². The predicted molar refractivity (Wildman–Crippen MR) is 66.3 cm³/mol. The van der Waals surface area contributed by atoms with E-state index in [1.807, 2.05) is 14.1 Å². The Bertz CT molecular complexity index is 368. The van der Waals surface area contributed by atoms with Crippen molar-refractivity contribution in [1.29, 1.82) is 0 Å². The fourth-order valence-electron chi connectivity index (χ4n) is 1.06. The monoisotopic (exact) mass is 290 g/mol. The zero-order valence-electron chi connectivity index (χ0n) is 8.55. The minimum atomic E-state index is -0.0470. The molecule has 1 aromatic carbocycles. The molecule has 1 N–H and O–H groups in total. The highest BCUT2D eigenvalue weighted by Gasteiger charge is 2.04. The number of halogens is 2. The molecular weight excluding hydrogens is 279 g/mol. The van der Waals surface area contributed by atoms with Crippen LogP contribution in [0.1, 0.15) is 0 Å². The maximum atomic E-state index is 11.4. The van der Waals surface area contributed by atoms with Crippen molar-refractivity contribution in [3.05, 3.63) is 27.7 Å². The number of rotatable bonds is 3. The number of amides is 1. The lowest BCUT2D eigenvalue weighted by Gasteiger charge is -2.10. The second-order valence-corrected chi connectivity index (χ2v) is 4.68. The quantitative estimate of drug-likeness (QED) is 0.928. The maximum Gasteiger partial charge on any atom is 0.238 e. The number of benzene rings is 1. The molecule has 15 heavy (non-hydrogen) atoms. The molecule has 82 valence electrons. The molecule has 0 spiro atoms. The molecule has 0 aliphatic carbocycles. The van der Waals surface area contributed by atoms with Crippen molar-refractivity contribution in [2.45, 2.75) is 0 Å². The van der Waals surface area contributed by atoms with Crippen LogP contribution >= 0.6 is 27.5 Å². The summed E-state index contributed by atoms with van der Waals surface area (Å²) in [4.78, 5) is 13.2.